The van der Waals surface area contributed by atoms with Gasteiger partial charge in [0.1, 0.15) is 5.54 Å². The van der Waals surface area contributed by atoms with E-state index < -0.39 is 23.2 Å². The number of hydrogen-bond donors (Lipinski definition) is 3. The van der Waals surface area contributed by atoms with Crippen LogP contribution in [0.4, 0.5) is 24.5 Å². The zero-order valence-electron chi connectivity index (χ0n) is 14.8. The maximum atomic E-state index is 13.0. The van der Waals surface area contributed by atoms with Crippen LogP contribution in [0.15, 0.2) is 48.5 Å². The van der Waals surface area contributed by atoms with E-state index in [2.05, 4.69) is 10.0 Å². The fourth-order valence-electron chi connectivity index (χ4n) is 2.38. The third-order valence-corrected chi connectivity index (χ3v) is 4.77. The monoisotopic (exact) mass is 399 g/mol. The lowest BCUT2D eigenvalue weighted by Gasteiger charge is -2.28. The SMILES string of the molecule is COC(=O)C(C)(NSCNc1ccccc1N)c1cccc(C(F)(F)F)c1. The van der Waals surface area contributed by atoms with Gasteiger partial charge in [0, 0.05) is 0 Å². The summed E-state index contributed by atoms with van der Waals surface area (Å²) in [6.45, 7) is 1.47. The highest BCUT2D eigenvalue weighted by Crippen LogP contribution is 2.33. The number of rotatable bonds is 7. The molecule has 0 radical (unpaired) electrons. The number of nitrogens with one attached hydrogen (secondary N) is 2. The smallest absolute Gasteiger partial charge is 0.416 e. The van der Waals surface area contributed by atoms with Crippen molar-refractivity contribution in [2.24, 2.45) is 0 Å². The van der Waals surface area contributed by atoms with Gasteiger partial charge in [-0.25, -0.2) is 9.52 Å². The molecule has 0 saturated carbocycles. The zero-order valence-corrected chi connectivity index (χ0v) is 15.6. The molecule has 5 nitrogen and oxygen atoms in total. The van der Waals surface area contributed by atoms with Crippen molar-refractivity contribution in [3.05, 3.63) is 59.7 Å². The van der Waals surface area contributed by atoms with Crippen LogP contribution >= 0.6 is 11.9 Å². The third kappa shape index (κ3) is 5.08. The van der Waals surface area contributed by atoms with E-state index in [1.54, 1.807) is 18.2 Å². The predicted molar refractivity (Wildman–Crippen MR) is 101 cm³/mol. The standard InChI is InChI=1S/C18H20F3N3O2S/c1-17(16(25)26-2,12-6-5-7-13(10-12)18(19,20)21)24-27-11-23-15-9-4-3-8-14(15)22/h3-10,23-24H,11,22H2,1-2H3. The number of methoxy groups -OCH3 is 1. The van der Waals surface area contributed by atoms with E-state index in [0.717, 1.165) is 24.1 Å². The Balaban J connectivity index is 2.14. The van der Waals surface area contributed by atoms with E-state index in [0.29, 0.717) is 17.3 Å². The molecule has 1 unspecified atom stereocenters. The van der Waals surface area contributed by atoms with Gasteiger partial charge in [0.15, 0.2) is 0 Å². The Morgan fingerprint density at radius 2 is 1.81 bits per heavy atom. The Hall–Kier alpha value is -2.39. The molecule has 9 heteroatoms. The van der Waals surface area contributed by atoms with Crippen LogP contribution in [0.3, 0.4) is 0 Å². The molecule has 0 heterocycles. The van der Waals surface area contributed by atoms with Gasteiger partial charge >= 0.3 is 12.1 Å². The molecular formula is C18H20F3N3O2S. The molecule has 0 amide bonds. The number of halogens is 3. The molecule has 0 aliphatic carbocycles. The van der Waals surface area contributed by atoms with Gasteiger partial charge in [-0.2, -0.15) is 13.2 Å². The maximum Gasteiger partial charge on any atom is 0.416 e. The van der Waals surface area contributed by atoms with Crippen molar-refractivity contribution in [1.29, 1.82) is 0 Å². The van der Waals surface area contributed by atoms with Crippen molar-refractivity contribution in [1.82, 2.24) is 4.72 Å². The van der Waals surface area contributed by atoms with E-state index in [4.69, 9.17) is 10.5 Å². The lowest BCUT2D eigenvalue weighted by Crippen LogP contribution is -2.44. The summed E-state index contributed by atoms with van der Waals surface area (Å²) >= 11 is 1.12. The first-order valence-corrected chi connectivity index (χ1v) is 8.90. The second-order valence-corrected chi connectivity index (χ2v) is 6.63. The topological polar surface area (TPSA) is 76.4 Å². The molecule has 2 aromatic carbocycles. The number of nitrogens with two attached hydrogens (primary N) is 1. The highest BCUT2D eigenvalue weighted by atomic mass is 32.2. The summed E-state index contributed by atoms with van der Waals surface area (Å²) in [6, 6.07) is 11.7. The van der Waals surface area contributed by atoms with Crippen molar-refractivity contribution in [3.63, 3.8) is 0 Å². The van der Waals surface area contributed by atoms with Gasteiger partial charge in [0.25, 0.3) is 0 Å². The summed E-state index contributed by atoms with van der Waals surface area (Å²) in [5, 5.41) is 3.07. The van der Waals surface area contributed by atoms with Gasteiger partial charge < -0.3 is 15.8 Å². The van der Waals surface area contributed by atoms with Crippen LogP contribution in [0.1, 0.15) is 18.1 Å². The Labute approximate surface area is 159 Å². The number of ether oxygens (including phenoxy) is 1. The number of anilines is 2. The summed E-state index contributed by atoms with van der Waals surface area (Å²) in [7, 11) is 1.18. The van der Waals surface area contributed by atoms with Crippen molar-refractivity contribution in [2.75, 3.05) is 24.0 Å². The Kier molecular flexibility index (Phi) is 6.61. The van der Waals surface area contributed by atoms with Crippen LogP contribution in [-0.2, 0) is 21.2 Å². The lowest BCUT2D eigenvalue weighted by atomic mass is 9.92. The molecule has 27 heavy (non-hydrogen) atoms. The fourth-order valence-corrected chi connectivity index (χ4v) is 3.17. The maximum absolute atomic E-state index is 13.0. The zero-order chi connectivity index (χ0) is 20.1. The minimum absolute atomic E-state index is 0.149. The molecule has 2 rings (SSSR count). The van der Waals surface area contributed by atoms with Crippen molar-refractivity contribution in [2.45, 2.75) is 18.6 Å². The number of carbonyl (C=O) groups is 1. The van der Waals surface area contributed by atoms with Crippen molar-refractivity contribution >= 4 is 29.3 Å². The number of para-hydroxylation sites is 2. The number of benzene rings is 2. The fraction of sp³-hybridized carbons (Fsp3) is 0.278. The molecule has 1 atom stereocenters. The number of alkyl halides is 3. The molecule has 0 spiro atoms. The van der Waals surface area contributed by atoms with Gasteiger partial charge in [0.2, 0.25) is 0 Å². The molecular weight excluding hydrogens is 379 g/mol. The number of nitrogen functional groups attached to an aromatic ring is 1. The summed E-state index contributed by atoms with van der Waals surface area (Å²) < 4.78 is 46.7. The molecule has 0 aliphatic heterocycles. The summed E-state index contributed by atoms with van der Waals surface area (Å²) in [4.78, 5) is 12.3. The molecule has 0 bridgehead atoms. The van der Waals surface area contributed by atoms with E-state index >= 15 is 0 Å². The molecule has 0 saturated heterocycles. The summed E-state index contributed by atoms with van der Waals surface area (Å²) in [5.41, 5.74) is 4.95. The second-order valence-electron chi connectivity index (χ2n) is 5.85. The molecule has 0 aliphatic rings. The highest BCUT2D eigenvalue weighted by Gasteiger charge is 2.39. The van der Waals surface area contributed by atoms with E-state index in [1.807, 2.05) is 6.07 Å². The van der Waals surface area contributed by atoms with E-state index in [1.165, 1.54) is 26.2 Å². The second kappa shape index (κ2) is 8.53. The summed E-state index contributed by atoms with van der Waals surface area (Å²) in [5.74, 6) is -0.381. The Morgan fingerprint density at radius 1 is 1.15 bits per heavy atom. The van der Waals surface area contributed by atoms with Crippen molar-refractivity contribution in [3.8, 4) is 0 Å². The van der Waals surface area contributed by atoms with E-state index in [-0.39, 0.29) is 5.56 Å². The first-order valence-electron chi connectivity index (χ1n) is 7.92. The average Bonchev–Trinajstić information content (AvgIpc) is 2.65. The van der Waals surface area contributed by atoms with Crippen LogP contribution in [0.25, 0.3) is 0 Å². The van der Waals surface area contributed by atoms with Crippen LogP contribution in [0.5, 0.6) is 0 Å². The number of esters is 1. The third-order valence-electron chi connectivity index (χ3n) is 3.93. The van der Waals surface area contributed by atoms with Gasteiger partial charge in [-0.15, -0.1) is 0 Å². The summed E-state index contributed by atoms with van der Waals surface area (Å²) in [6.07, 6.45) is -4.51. The van der Waals surface area contributed by atoms with Crippen molar-refractivity contribution < 1.29 is 22.7 Å². The molecule has 0 aromatic heterocycles. The van der Waals surface area contributed by atoms with Gasteiger partial charge in [-0.3, -0.25) is 0 Å². The van der Waals surface area contributed by atoms with Crippen LogP contribution < -0.4 is 15.8 Å². The van der Waals surface area contributed by atoms with Gasteiger partial charge in [-0.05, 0) is 36.8 Å². The van der Waals surface area contributed by atoms with Crippen LogP contribution in [-0.4, -0.2) is 19.0 Å². The van der Waals surface area contributed by atoms with Crippen LogP contribution in [0, 0.1) is 0 Å². The number of carbonyl (C=O) groups excluding carboxylic acids is 1. The normalized spacial score (nSPS) is 13.7. The van der Waals surface area contributed by atoms with E-state index in [9.17, 15) is 18.0 Å². The first-order chi connectivity index (χ1) is 12.7. The highest BCUT2D eigenvalue weighted by molar-refractivity contribution is 7.97. The Morgan fingerprint density at radius 3 is 2.44 bits per heavy atom. The van der Waals surface area contributed by atoms with Gasteiger partial charge in [-0.1, -0.05) is 36.2 Å². The first kappa shape index (κ1) is 20.9. The largest absolute Gasteiger partial charge is 0.467 e. The lowest BCUT2D eigenvalue weighted by molar-refractivity contribution is -0.147. The minimum atomic E-state index is -4.51. The molecule has 0 fully saturated rings. The predicted octanol–water partition coefficient (Wildman–Crippen LogP) is 3.98. The van der Waals surface area contributed by atoms with Crippen LogP contribution in [0.2, 0.25) is 0 Å². The quantitative estimate of drug-likeness (QED) is 0.215. The Bertz CT molecular complexity index is 801. The van der Waals surface area contributed by atoms with Gasteiger partial charge in [0.05, 0.1) is 29.9 Å². The molecule has 2 aromatic rings. The average molecular weight is 399 g/mol. The minimum Gasteiger partial charge on any atom is -0.467 e. The number of hydrogen-bond acceptors (Lipinski definition) is 6. The molecule has 146 valence electrons. The molecule has 4 N–H and O–H groups in total.